The number of rotatable bonds is 3. The van der Waals surface area contributed by atoms with Gasteiger partial charge in [0.05, 0.1) is 6.54 Å². The van der Waals surface area contributed by atoms with Gasteiger partial charge in [-0.15, -0.1) is 0 Å². The van der Waals surface area contributed by atoms with Crippen molar-refractivity contribution in [2.75, 3.05) is 39.3 Å². The van der Waals surface area contributed by atoms with E-state index in [-0.39, 0.29) is 18.4 Å². The Morgan fingerprint density at radius 2 is 1.67 bits per heavy atom. The molecule has 2 fully saturated rings. The molecule has 2 saturated heterocycles. The first kappa shape index (κ1) is 18.5. The van der Waals surface area contributed by atoms with Crippen LogP contribution in [0.4, 0.5) is 0 Å². The van der Waals surface area contributed by atoms with Gasteiger partial charge in [0.1, 0.15) is 0 Å². The van der Waals surface area contributed by atoms with Crippen LogP contribution in [0.15, 0.2) is 24.3 Å². The zero-order chi connectivity index (χ0) is 18.6. The first-order chi connectivity index (χ1) is 13.2. The Labute approximate surface area is 162 Å². The first-order valence-electron chi connectivity index (χ1n) is 10.6. The molecule has 1 aromatic rings. The van der Waals surface area contributed by atoms with Crippen LogP contribution in [-0.2, 0) is 22.4 Å². The molecule has 5 heteroatoms. The Balaban J connectivity index is 1.31. The fraction of sp³-hybridized carbons (Fsp3) is 0.636. The number of hydrogen-bond acceptors (Lipinski definition) is 3. The lowest BCUT2D eigenvalue weighted by molar-refractivity contribution is -0.140. The quantitative estimate of drug-likeness (QED) is 0.819. The van der Waals surface area contributed by atoms with E-state index in [1.54, 1.807) is 4.90 Å². The van der Waals surface area contributed by atoms with Crippen LogP contribution in [-0.4, -0.2) is 71.8 Å². The molecule has 0 radical (unpaired) electrons. The third-order valence-electron chi connectivity index (χ3n) is 6.43. The molecule has 2 heterocycles. The SMILES string of the molecule is O=C(CN1CCCCCC1=O)N1CCCN(C2Cc3ccccc3C2)CC1. The number of hydrogen-bond donors (Lipinski definition) is 0. The van der Waals surface area contributed by atoms with Gasteiger partial charge in [-0.3, -0.25) is 14.5 Å². The van der Waals surface area contributed by atoms with Gasteiger partial charge in [-0.25, -0.2) is 0 Å². The largest absolute Gasteiger partial charge is 0.340 e. The highest BCUT2D eigenvalue weighted by atomic mass is 16.2. The maximum atomic E-state index is 12.8. The first-order valence-corrected chi connectivity index (χ1v) is 10.6. The lowest BCUT2D eigenvalue weighted by Crippen LogP contribution is -2.44. The summed E-state index contributed by atoms with van der Waals surface area (Å²) in [7, 11) is 0. The number of nitrogens with zero attached hydrogens (tertiary/aromatic N) is 3. The topological polar surface area (TPSA) is 43.9 Å². The monoisotopic (exact) mass is 369 g/mol. The van der Waals surface area contributed by atoms with Crippen molar-refractivity contribution >= 4 is 11.8 Å². The van der Waals surface area contributed by atoms with E-state index in [4.69, 9.17) is 0 Å². The Morgan fingerprint density at radius 1 is 0.889 bits per heavy atom. The molecule has 0 spiro atoms. The second kappa shape index (κ2) is 8.42. The van der Waals surface area contributed by atoms with Crippen molar-refractivity contribution in [2.45, 2.75) is 51.0 Å². The van der Waals surface area contributed by atoms with Crippen LogP contribution in [0, 0.1) is 0 Å². The molecule has 5 nitrogen and oxygen atoms in total. The number of amides is 2. The summed E-state index contributed by atoms with van der Waals surface area (Å²) in [6.45, 7) is 4.62. The lowest BCUT2D eigenvalue weighted by atomic mass is 10.1. The van der Waals surface area contributed by atoms with Crippen LogP contribution >= 0.6 is 0 Å². The third-order valence-corrected chi connectivity index (χ3v) is 6.43. The van der Waals surface area contributed by atoms with Crippen molar-refractivity contribution in [3.8, 4) is 0 Å². The molecule has 0 aromatic heterocycles. The van der Waals surface area contributed by atoms with E-state index < -0.39 is 0 Å². The van der Waals surface area contributed by atoms with Crippen LogP contribution in [0.2, 0.25) is 0 Å². The van der Waals surface area contributed by atoms with Crippen molar-refractivity contribution in [1.82, 2.24) is 14.7 Å². The maximum absolute atomic E-state index is 12.8. The molecule has 0 saturated carbocycles. The van der Waals surface area contributed by atoms with Crippen molar-refractivity contribution in [3.63, 3.8) is 0 Å². The predicted octanol–water partition coefficient (Wildman–Crippen LogP) is 2.09. The van der Waals surface area contributed by atoms with Gasteiger partial charge < -0.3 is 9.80 Å². The summed E-state index contributed by atoms with van der Waals surface area (Å²) in [5.74, 6) is 0.280. The average molecular weight is 370 g/mol. The maximum Gasteiger partial charge on any atom is 0.242 e. The highest BCUT2D eigenvalue weighted by molar-refractivity contribution is 5.85. The summed E-state index contributed by atoms with van der Waals surface area (Å²) >= 11 is 0. The van der Waals surface area contributed by atoms with Crippen molar-refractivity contribution < 1.29 is 9.59 Å². The standard InChI is InChI=1S/C22H31N3O2/c26-21-9-2-1-5-10-25(21)17-22(27)24-12-6-11-23(13-14-24)20-15-18-7-3-4-8-19(18)16-20/h3-4,7-8,20H,1-2,5-6,9-17H2. The van der Waals surface area contributed by atoms with Crippen LogP contribution in [0.25, 0.3) is 0 Å². The summed E-state index contributed by atoms with van der Waals surface area (Å²) in [5, 5.41) is 0. The summed E-state index contributed by atoms with van der Waals surface area (Å²) < 4.78 is 0. The van der Waals surface area contributed by atoms with Gasteiger partial charge in [0.2, 0.25) is 11.8 Å². The minimum atomic E-state index is 0.127. The molecule has 0 N–H and O–H groups in total. The van der Waals surface area contributed by atoms with Gasteiger partial charge in [0.25, 0.3) is 0 Å². The number of likely N-dealkylation sites (tertiary alicyclic amines) is 1. The molecular weight excluding hydrogens is 338 g/mol. The third kappa shape index (κ3) is 4.34. The second-order valence-electron chi connectivity index (χ2n) is 8.23. The van der Waals surface area contributed by atoms with Gasteiger partial charge in [0.15, 0.2) is 0 Å². The van der Waals surface area contributed by atoms with Crippen LogP contribution < -0.4 is 0 Å². The van der Waals surface area contributed by atoms with E-state index >= 15 is 0 Å². The fourth-order valence-electron chi connectivity index (χ4n) is 4.81. The molecule has 2 amide bonds. The summed E-state index contributed by atoms with van der Waals surface area (Å²) in [4.78, 5) is 31.3. The highest BCUT2D eigenvalue weighted by Crippen LogP contribution is 2.26. The summed E-state index contributed by atoms with van der Waals surface area (Å²) in [6, 6.07) is 9.34. The van der Waals surface area contributed by atoms with Gasteiger partial charge in [-0.2, -0.15) is 0 Å². The zero-order valence-corrected chi connectivity index (χ0v) is 16.2. The van der Waals surface area contributed by atoms with E-state index in [2.05, 4.69) is 29.2 Å². The van der Waals surface area contributed by atoms with Crippen LogP contribution in [0.5, 0.6) is 0 Å². The molecule has 4 rings (SSSR count). The summed E-state index contributed by atoms with van der Waals surface area (Å²) in [5.41, 5.74) is 2.97. The Kier molecular flexibility index (Phi) is 5.77. The second-order valence-corrected chi connectivity index (χ2v) is 8.23. The van der Waals surface area contributed by atoms with Crippen LogP contribution in [0.1, 0.15) is 43.2 Å². The fourth-order valence-corrected chi connectivity index (χ4v) is 4.81. The normalized spacial score (nSPS) is 22.4. The van der Waals surface area contributed by atoms with Gasteiger partial charge in [-0.1, -0.05) is 30.7 Å². The predicted molar refractivity (Wildman–Crippen MR) is 105 cm³/mol. The van der Waals surface area contributed by atoms with Gasteiger partial charge in [0, 0.05) is 45.2 Å². The van der Waals surface area contributed by atoms with E-state index in [0.29, 0.717) is 12.5 Å². The molecule has 0 bridgehead atoms. The molecule has 0 atom stereocenters. The van der Waals surface area contributed by atoms with E-state index in [0.717, 1.165) is 71.2 Å². The van der Waals surface area contributed by atoms with Gasteiger partial charge in [-0.05, 0) is 43.2 Å². The molecule has 1 aliphatic carbocycles. The number of fused-ring (bicyclic) bond motifs is 1. The Morgan fingerprint density at radius 3 is 2.44 bits per heavy atom. The minimum absolute atomic E-state index is 0.127. The number of carbonyl (C=O) groups is 2. The molecule has 3 aliphatic rings. The van der Waals surface area contributed by atoms with Crippen molar-refractivity contribution in [2.24, 2.45) is 0 Å². The molecule has 146 valence electrons. The molecule has 2 aliphatic heterocycles. The molecule has 27 heavy (non-hydrogen) atoms. The van der Waals surface area contributed by atoms with E-state index in [9.17, 15) is 9.59 Å². The molecule has 1 aromatic carbocycles. The smallest absolute Gasteiger partial charge is 0.242 e. The van der Waals surface area contributed by atoms with E-state index in [1.807, 2.05) is 4.90 Å². The minimum Gasteiger partial charge on any atom is -0.340 e. The Bertz CT molecular complexity index is 665. The van der Waals surface area contributed by atoms with Crippen molar-refractivity contribution in [3.05, 3.63) is 35.4 Å². The summed E-state index contributed by atoms with van der Waals surface area (Å²) in [6.07, 6.45) is 6.97. The number of benzene rings is 1. The molecular formula is C22H31N3O2. The molecule has 0 unspecified atom stereocenters. The zero-order valence-electron chi connectivity index (χ0n) is 16.2. The lowest BCUT2D eigenvalue weighted by Gasteiger charge is -2.28. The van der Waals surface area contributed by atoms with E-state index in [1.165, 1.54) is 11.1 Å². The highest BCUT2D eigenvalue weighted by Gasteiger charge is 2.29. The average Bonchev–Trinajstić information content (AvgIpc) is 2.81. The van der Waals surface area contributed by atoms with Crippen molar-refractivity contribution in [1.29, 1.82) is 0 Å². The van der Waals surface area contributed by atoms with Crippen LogP contribution in [0.3, 0.4) is 0 Å². The van der Waals surface area contributed by atoms with Gasteiger partial charge >= 0.3 is 0 Å². The number of carbonyl (C=O) groups excluding carboxylic acids is 2. The Hall–Kier alpha value is -1.88.